The van der Waals surface area contributed by atoms with Gasteiger partial charge in [-0.3, -0.25) is 4.79 Å². The van der Waals surface area contributed by atoms with Gasteiger partial charge in [-0.1, -0.05) is 48.8 Å². The third-order valence-electron chi connectivity index (χ3n) is 4.98. The van der Waals surface area contributed by atoms with Gasteiger partial charge in [-0.2, -0.15) is 9.78 Å². The fraction of sp³-hybridized carbons (Fsp3) is 0.192. The van der Waals surface area contributed by atoms with E-state index in [1.165, 1.54) is 16.8 Å². The number of halogens is 2. The van der Waals surface area contributed by atoms with Crippen molar-refractivity contribution in [3.63, 3.8) is 0 Å². The number of fused-ring (bicyclic) bond motifs is 1. The summed E-state index contributed by atoms with van der Waals surface area (Å²) in [5.41, 5.74) is 1.59. The van der Waals surface area contributed by atoms with Gasteiger partial charge in [0.05, 0.1) is 17.1 Å². The van der Waals surface area contributed by atoms with Crippen molar-refractivity contribution in [3.8, 4) is 5.75 Å². The predicted octanol–water partition coefficient (Wildman–Crippen LogP) is 6.06. The van der Waals surface area contributed by atoms with Crippen LogP contribution in [0.4, 0.5) is 4.39 Å². The van der Waals surface area contributed by atoms with Gasteiger partial charge in [0.2, 0.25) is 0 Å². The third kappa shape index (κ3) is 5.37. The van der Waals surface area contributed by atoms with E-state index in [4.69, 9.17) is 9.72 Å². The third-order valence-corrected chi connectivity index (χ3v) is 5.47. The Balaban J connectivity index is 1.60. The molecule has 0 amide bonds. The number of nitrogens with zero attached hydrogens (tertiary/aromatic N) is 3. The van der Waals surface area contributed by atoms with Gasteiger partial charge in [-0.15, -0.1) is 0 Å². The quantitative estimate of drug-likeness (QED) is 0.308. The van der Waals surface area contributed by atoms with Crippen LogP contribution in [0.2, 0.25) is 0 Å². The lowest BCUT2D eigenvalue weighted by molar-refractivity contribution is 0.305. The van der Waals surface area contributed by atoms with Gasteiger partial charge in [0, 0.05) is 9.89 Å². The lowest BCUT2D eigenvalue weighted by Gasteiger charge is -2.20. The van der Waals surface area contributed by atoms with E-state index in [1.54, 1.807) is 18.3 Å². The molecule has 5 nitrogen and oxygen atoms in total. The van der Waals surface area contributed by atoms with E-state index < -0.39 is 0 Å². The topological polar surface area (TPSA) is 56.5 Å². The van der Waals surface area contributed by atoms with Gasteiger partial charge >= 0.3 is 0 Å². The molecule has 0 radical (unpaired) electrons. The van der Waals surface area contributed by atoms with Crippen LogP contribution < -0.4 is 10.3 Å². The van der Waals surface area contributed by atoms with Crippen molar-refractivity contribution < 1.29 is 9.13 Å². The van der Waals surface area contributed by atoms with E-state index in [0.717, 1.165) is 15.6 Å². The summed E-state index contributed by atoms with van der Waals surface area (Å²) in [7, 11) is 0. The van der Waals surface area contributed by atoms with E-state index in [9.17, 15) is 9.18 Å². The first-order chi connectivity index (χ1) is 15.7. The van der Waals surface area contributed by atoms with E-state index in [1.807, 2.05) is 63.2 Å². The Morgan fingerprint density at radius 2 is 1.85 bits per heavy atom. The highest BCUT2D eigenvalue weighted by Gasteiger charge is 2.22. The highest BCUT2D eigenvalue weighted by molar-refractivity contribution is 9.10. The maximum atomic E-state index is 13.3. The Morgan fingerprint density at radius 1 is 1.09 bits per heavy atom. The zero-order valence-corrected chi connectivity index (χ0v) is 20.1. The van der Waals surface area contributed by atoms with Crippen LogP contribution in [-0.2, 0) is 12.0 Å². The number of hydrogen-bond acceptors (Lipinski definition) is 4. The molecule has 0 bridgehead atoms. The second-order valence-corrected chi connectivity index (χ2v) is 9.61. The molecule has 0 saturated carbocycles. The van der Waals surface area contributed by atoms with Crippen LogP contribution in [0.1, 0.15) is 37.7 Å². The lowest BCUT2D eigenvalue weighted by Crippen LogP contribution is -2.29. The molecule has 0 N–H and O–H groups in total. The lowest BCUT2D eigenvalue weighted by atomic mass is 9.95. The Morgan fingerprint density at radius 3 is 2.55 bits per heavy atom. The second kappa shape index (κ2) is 9.27. The van der Waals surface area contributed by atoms with Gasteiger partial charge in [-0.05, 0) is 65.7 Å². The van der Waals surface area contributed by atoms with Crippen LogP contribution >= 0.6 is 15.9 Å². The molecule has 0 aliphatic heterocycles. The van der Waals surface area contributed by atoms with Crippen LogP contribution in [-0.4, -0.2) is 15.9 Å². The number of hydrogen-bond donors (Lipinski definition) is 0. The van der Waals surface area contributed by atoms with Crippen molar-refractivity contribution in [1.29, 1.82) is 0 Å². The Hall–Kier alpha value is -3.32. The minimum absolute atomic E-state index is 0.225. The average Bonchev–Trinajstić information content (AvgIpc) is 2.77. The SMILES string of the molecule is CC(C)(C)c1nc2ccc(Br)cc2c(=O)n1N=Cc1ccc(OCc2cccc(F)c2)cc1. The van der Waals surface area contributed by atoms with Crippen LogP contribution in [0.3, 0.4) is 0 Å². The molecular formula is C26H23BrFN3O2. The van der Waals surface area contributed by atoms with Crippen molar-refractivity contribution >= 4 is 33.0 Å². The summed E-state index contributed by atoms with van der Waals surface area (Å²) in [5, 5.41) is 4.97. The minimum Gasteiger partial charge on any atom is -0.489 e. The van der Waals surface area contributed by atoms with Crippen molar-refractivity contribution in [3.05, 3.63) is 104 Å². The summed E-state index contributed by atoms with van der Waals surface area (Å²) in [5.74, 6) is 0.942. The van der Waals surface area contributed by atoms with Crippen molar-refractivity contribution in [2.45, 2.75) is 32.8 Å². The van der Waals surface area contributed by atoms with Crippen LogP contribution in [0, 0.1) is 5.82 Å². The van der Waals surface area contributed by atoms with E-state index in [-0.39, 0.29) is 23.4 Å². The molecular weight excluding hydrogens is 485 g/mol. The molecule has 3 aromatic carbocycles. The Kier molecular flexibility index (Phi) is 6.42. The summed E-state index contributed by atoms with van der Waals surface area (Å²) in [6.45, 7) is 6.26. The van der Waals surface area contributed by atoms with Crippen molar-refractivity contribution in [2.75, 3.05) is 0 Å². The van der Waals surface area contributed by atoms with E-state index >= 15 is 0 Å². The summed E-state index contributed by atoms with van der Waals surface area (Å²) < 4.78 is 21.2. The molecule has 4 aromatic rings. The normalized spacial score (nSPS) is 11.9. The molecule has 4 rings (SSSR count). The summed E-state index contributed by atoms with van der Waals surface area (Å²) >= 11 is 3.42. The molecule has 0 unspecified atom stereocenters. The largest absolute Gasteiger partial charge is 0.489 e. The van der Waals surface area contributed by atoms with Gasteiger partial charge in [0.1, 0.15) is 24.0 Å². The summed E-state index contributed by atoms with van der Waals surface area (Å²) in [4.78, 5) is 17.9. The molecule has 0 aliphatic rings. The first-order valence-electron chi connectivity index (χ1n) is 10.5. The highest BCUT2D eigenvalue weighted by Crippen LogP contribution is 2.23. The second-order valence-electron chi connectivity index (χ2n) is 8.70. The molecule has 0 atom stereocenters. The average molecular weight is 508 g/mol. The Labute approximate surface area is 199 Å². The standard InChI is InChI=1S/C26H23BrFN3O2/c1-26(2,3)25-30-23-12-9-19(27)14-22(23)24(32)31(25)29-15-17-7-10-21(11-8-17)33-16-18-5-4-6-20(28)13-18/h4-15H,16H2,1-3H3. The highest BCUT2D eigenvalue weighted by atomic mass is 79.9. The van der Waals surface area contributed by atoms with Crippen LogP contribution in [0.25, 0.3) is 10.9 Å². The van der Waals surface area contributed by atoms with Crippen molar-refractivity contribution in [1.82, 2.24) is 9.66 Å². The van der Waals surface area contributed by atoms with Crippen molar-refractivity contribution in [2.24, 2.45) is 5.10 Å². The van der Waals surface area contributed by atoms with E-state index in [0.29, 0.717) is 22.5 Å². The number of aromatic nitrogens is 2. The van der Waals surface area contributed by atoms with Gasteiger partial charge in [-0.25, -0.2) is 9.37 Å². The molecule has 0 aliphatic carbocycles. The fourth-order valence-corrected chi connectivity index (χ4v) is 3.67. The fourth-order valence-electron chi connectivity index (χ4n) is 3.31. The minimum atomic E-state index is -0.383. The van der Waals surface area contributed by atoms with Gasteiger partial charge in [0.15, 0.2) is 0 Å². The maximum Gasteiger partial charge on any atom is 0.282 e. The van der Waals surface area contributed by atoms with E-state index in [2.05, 4.69) is 21.0 Å². The van der Waals surface area contributed by atoms with Gasteiger partial charge < -0.3 is 4.74 Å². The molecule has 0 saturated heterocycles. The number of benzene rings is 3. The van der Waals surface area contributed by atoms with Gasteiger partial charge in [0.25, 0.3) is 5.56 Å². The molecule has 0 spiro atoms. The zero-order chi connectivity index (χ0) is 23.6. The predicted molar refractivity (Wildman–Crippen MR) is 133 cm³/mol. The van der Waals surface area contributed by atoms with Crippen LogP contribution in [0.15, 0.2) is 81.1 Å². The summed E-state index contributed by atoms with van der Waals surface area (Å²) in [6.07, 6.45) is 1.62. The molecule has 33 heavy (non-hydrogen) atoms. The molecule has 0 fully saturated rings. The smallest absolute Gasteiger partial charge is 0.282 e. The Bertz CT molecular complexity index is 1390. The number of rotatable bonds is 5. The maximum absolute atomic E-state index is 13.3. The number of ether oxygens (including phenoxy) is 1. The monoisotopic (exact) mass is 507 g/mol. The molecule has 7 heteroatoms. The zero-order valence-electron chi connectivity index (χ0n) is 18.5. The first kappa shape index (κ1) is 22.9. The molecule has 1 heterocycles. The molecule has 168 valence electrons. The first-order valence-corrected chi connectivity index (χ1v) is 11.2. The molecule has 1 aromatic heterocycles. The van der Waals surface area contributed by atoms with Crippen LogP contribution in [0.5, 0.6) is 5.75 Å². The summed E-state index contributed by atoms with van der Waals surface area (Å²) in [6, 6.07) is 19.1.